The third kappa shape index (κ3) is 5.87. The highest BCUT2D eigenvalue weighted by atomic mass is 15.2. The van der Waals surface area contributed by atoms with Crippen LogP contribution in [0.4, 0.5) is 34.1 Å². The molecule has 2 nitrogen and oxygen atoms in total. The minimum atomic E-state index is -0.582. The average molecular weight is 803 g/mol. The van der Waals surface area contributed by atoms with Crippen molar-refractivity contribution in [1.29, 1.82) is 0 Å². The van der Waals surface area contributed by atoms with Gasteiger partial charge in [0, 0.05) is 22.6 Å². The van der Waals surface area contributed by atoms with Crippen LogP contribution in [0.5, 0.6) is 0 Å². The maximum absolute atomic E-state index is 2.49. The quantitative estimate of drug-likeness (QED) is 0.158. The van der Waals surface area contributed by atoms with E-state index in [2.05, 4.69) is 265 Å². The standard InChI is InChI=1S/C61H42N2/c1-4-20-43(21-5-1)45-24-18-26-47(40-45)51-30-11-15-35-58(51)62(49-29-19-25-46(41-49)44-22-6-2-7-23-44)50-38-39-53-52-31-10-12-32-54(52)61(57(53)42-50)55-33-13-16-36-59(55)63(48-27-8-3-9-28-48)60-37-17-14-34-56(60)61/h1-42H. The van der Waals surface area contributed by atoms with E-state index in [1.54, 1.807) is 0 Å². The van der Waals surface area contributed by atoms with Crippen molar-refractivity contribution >= 4 is 34.1 Å². The minimum Gasteiger partial charge on any atom is -0.310 e. The van der Waals surface area contributed by atoms with Gasteiger partial charge in [-0.3, -0.25) is 0 Å². The SMILES string of the molecule is c1ccc(-c2cccc(-c3ccccc3N(c3cccc(-c4ccccc4)c3)c3ccc4c(c3)C3(c5ccccc5-4)c4ccccc4N(c4ccccc4)c4ccccc43)c2)cc1. The second-order valence-corrected chi connectivity index (χ2v) is 16.4. The van der Waals surface area contributed by atoms with Crippen LogP contribution in [0.2, 0.25) is 0 Å². The van der Waals surface area contributed by atoms with Crippen molar-refractivity contribution in [3.8, 4) is 44.5 Å². The zero-order valence-electron chi connectivity index (χ0n) is 34.6. The molecule has 0 bridgehead atoms. The van der Waals surface area contributed by atoms with Crippen molar-refractivity contribution < 1.29 is 0 Å². The molecule has 10 aromatic rings. The number of hydrogen-bond acceptors (Lipinski definition) is 2. The molecule has 0 N–H and O–H groups in total. The van der Waals surface area contributed by atoms with E-state index < -0.39 is 5.41 Å². The first kappa shape index (κ1) is 36.6. The lowest BCUT2D eigenvalue weighted by Crippen LogP contribution is -2.36. The Morgan fingerprint density at radius 2 is 0.762 bits per heavy atom. The van der Waals surface area contributed by atoms with E-state index in [0.717, 1.165) is 33.9 Å². The summed E-state index contributed by atoms with van der Waals surface area (Å²) in [6.07, 6.45) is 0. The lowest BCUT2D eigenvalue weighted by atomic mass is 9.64. The lowest BCUT2D eigenvalue weighted by molar-refractivity contribution is 0.752. The van der Waals surface area contributed by atoms with Crippen LogP contribution in [0.3, 0.4) is 0 Å². The Morgan fingerprint density at radius 1 is 0.286 bits per heavy atom. The molecule has 0 fully saturated rings. The Hall–Kier alpha value is -8.20. The summed E-state index contributed by atoms with van der Waals surface area (Å²) in [5.74, 6) is 0. The second kappa shape index (κ2) is 15.1. The summed E-state index contributed by atoms with van der Waals surface area (Å²) < 4.78 is 0. The number of nitrogens with zero attached hydrogens (tertiary/aromatic N) is 2. The van der Waals surface area contributed by atoms with Crippen LogP contribution in [0.1, 0.15) is 22.3 Å². The van der Waals surface area contributed by atoms with Gasteiger partial charge in [0.05, 0.1) is 22.5 Å². The van der Waals surface area contributed by atoms with Crippen LogP contribution in [0.15, 0.2) is 255 Å². The van der Waals surface area contributed by atoms with Crippen molar-refractivity contribution in [1.82, 2.24) is 0 Å². The van der Waals surface area contributed by atoms with Gasteiger partial charge >= 0.3 is 0 Å². The van der Waals surface area contributed by atoms with Gasteiger partial charge in [-0.25, -0.2) is 0 Å². The van der Waals surface area contributed by atoms with Crippen LogP contribution < -0.4 is 9.80 Å². The normalized spacial score (nSPS) is 12.9. The van der Waals surface area contributed by atoms with Crippen molar-refractivity contribution in [3.63, 3.8) is 0 Å². The van der Waals surface area contributed by atoms with Crippen LogP contribution in [0, 0.1) is 0 Å². The van der Waals surface area contributed by atoms with Crippen LogP contribution >= 0.6 is 0 Å². The maximum atomic E-state index is 2.49. The van der Waals surface area contributed by atoms with Gasteiger partial charge < -0.3 is 9.80 Å². The summed E-state index contributed by atoms with van der Waals surface area (Å²) in [4.78, 5) is 4.92. The lowest BCUT2D eigenvalue weighted by Gasteiger charge is -2.45. The molecule has 0 saturated heterocycles. The molecule has 12 rings (SSSR count). The minimum absolute atomic E-state index is 0.582. The number of fused-ring (bicyclic) bond motifs is 9. The first-order chi connectivity index (χ1) is 31.3. The van der Waals surface area contributed by atoms with E-state index in [9.17, 15) is 0 Å². The van der Waals surface area contributed by atoms with Crippen molar-refractivity contribution in [2.45, 2.75) is 5.41 Å². The third-order valence-electron chi connectivity index (χ3n) is 13.0. The number of para-hydroxylation sites is 4. The Balaban J connectivity index is 1.12. The molecule has 0 atom stereocenters. The molecular formula is C61H42N2. The van der Waals surface area contributed by atoms with Gasteiger partial charge in [-0.2, -0.15) is 0 Å². The highest BCUT2D eigenvalue weighted by Gasteiger charge is 2.51. The Morgan fingerprint density at radius 3 is 1.44 bits per heavy atom. The molecule has 2 aliphatic rings. The van der Waals surface area contributed by atoms with E-state index in [0.29, 0.717) is 0 Å². The Bertz CT molecular complexity index is 3250. The number of rotatable bonds is 7. The molecule has 63 heavy (non-hydrogen) atoms. The predicted molar refractivity (Wildman–Crippen MR) is 263 cm³/mol. The second-order valence-electron chi connectivity index (χ2n) is 16.4. The predicted octanol–water partition coefficient (Wildman–Crippen LogP) is 16.3. The summed E-state index contributed by atoms with van der Waals surface area (Å²) in [7, 11) is 0. The Kier molecular flexibility index (Phi) is 8.76. The smallest absolute Gasteiger partial charge is 0.0755 e. The molecule has 0 unspecified atom stereocenters. The first-order valence-electron chi connectivity index (χ1n) is 21.8. The fourth-order valence-electron chi connectivity index (χ4n) is 10.4. The molecule has 0 aromatic heterocycles. The molecule has 1 aliphatic carbocycles. The van der Waals surface area contributed by atoms with Gasteiger partial charge in [0.2, 0.25) is 0 Å². The Labute approximate surface area is 369 Å². The fraction of sp³-hybridized carbons (Fsp3) is 0.0164. The van der Waals surface area contributed by atoms with Crippen molar-refractivity contribution in [2.24, 2.45) is 0 Å². The van der Waals surface area contributed by atoms with Gasteiger partial charge in [0.1, 0.15) is 0 Å². The molecule has 1 aliphatic heterocycles. The van der Waals surface area contributed by atoms with Crippen molar-refractivity contribution in [2.75, 3.05) is 9.80 Å². The maximum Gasteiger partial charge on any atom is 0.0755 e. The topological polar surface area (TPSA) is 6.48 Å². The van der Waals surface area contributed by atoms with E-state index in [1.165, 1.54) is 67.0 Å². The molecule has 296 valence electrons. The molecular weight excluding hydrogens is 761 g/mol. The van der Waals surface area contributed by atoms with Gasteiger partial charge in [-0.05, 0) is 122 Å². The average Bonchev–Trinajstić information content (AvgIpc) is 3.65. The number of anilines is 6. The van der Waals surface area contributed by atoms with Gasteiger partial charge in [-0.1, -0.05) is 194 Å². The molecule has 0 radical (unpaired) electrons. The molecule has 1 spiro atoms. The van der Waals surface area contributed by atoms with E-state index in [1.807, 2.05) is 0 Å². The molecule has 1 heterocycles. The fourth-order valence-corrected chi connectivity index (χ4v) is 10.4. The highest BCUT2D eigenvalue weighted by Crippen LogP contribution is 2.64. The molecule has 0 amide bonds. The third-order valence-corrected chi connectivity index (χ3v) is 13.0. The zero-order valence-corrected chi connectivity index (χ0v) is 34.6. The van der Waals surface area contributed by atoms with E-state index >= 15 is 0 Å². The molecule has 0 saturated carbocycles. The molecule has 10 aromatic carbocycles. The van der Waals surface area contributed by atoms with Crippen LogP contribution in [-0.4, -0.2) is 0 Å². The van der Waals surface area contributed by atoms with Gasteiger partial charge in [0.15, 0.2) is 0 Å². The summed E-state index contributed by atoms with van der Waals surface area (Å²) in [5.41, 5.74) is 21.0. The van der Waals surface area contributed by atoms with Gasteiger partial charge in [0.25, 0.3) is 0 Å². The van der Waals surface area contributed by atoms with E-state index in [4.69, 9.17) is 0 Å². The van der Waals surface area contributed by atoms with Gasteiger partial charge in [-0.15, -0.1) is 0 Å². The summed E-state index contributed by atoms with van der Waals surface area (Å²) in [6.45, 7) is 0. The summed E-state index contributed by atoms with van der Waals surface area (Å²) in [6, 6.07) is 93.4. The molecule has 2 heteroatoms. The van der Waals surface area contributed by atoms with E-state index in [-0.39, 0.29) is 0 Å². The van der Waals surface area contributed by atoms with Crippen LogP contribution in [0.25, 0.3) is 44.5 Å². The largest absolute Gasteiger partial charge is 0.310 e. The summed E-state index contributed by atoms with van der Waals surface area (Å²) in [5, 5.41) is 0. The number of benzene rings is 10. The number of hydrogen-bond donors (Lipinski definition) is 0. The van der Waals surface area contributed by atoms with Crippen molar-refractivity contribution in [3.05, 3.63) is 277 Å². The van der Waals surface area contributed by atoms with Crippen LogP contribution in [-0.2, 0) is 5.41 Å². The summed E-state index contributed by atoms with van der Waals surface area (Å²) >= 11 is 0. The monoisotopic (exact) mass is 802 g/mol. The zero-order chi connectivity index (χ0) is 41.7. The highest BCUT2D eigenvalue weighted by molar-refractivity contribution is 5.98. The first-order valence-corrected chi connectivity index (χ1v) is 21.8.